The van der Waals surface area contributed by atoms with Crippen molar-refractivity contribution in [2.24, 2.45) is 5.16 Å². The second kappa shape index (κ2) is 14.7. The van der Waals surface area contributed by atoms with Crippen LogP contribution in [0.1, 0.15) is 19.0 Å². The zero-order valence-electron chi connectivity index (χ0n) is 25.8. The van der Waals surface area contributed by atoms with E-state index in [-0.39, 0.29) is 33.2 Å². The van der Waals surface area contributed by atoms with Gasteiger partial charge in [0.05, 0.1) is 13.3 Å². The van der Waals surface area contributed by atoms with Crippen LogP contribution in [-0.4, -0.2) is 103 Å². The molecule has 0 radical (unpaired) electrons. The van der Waals surface area contributed by atoms with Crippen molar-refractivity contribution in [3.8, 4) is 0 Å². The number of aromatic nitrogens is 4. The third kappa shape index (κ3) is 6.88. The lowest BCUT2D eigenvalue weighted by molar-refractivity contribution is -0.664. The number of nitrogens with zero attached hydrogens (tertiary/aromatic N) is 6. The fourth-order valence-corrected chi connectivity index (χ4v) is 7.39. The highest BCUT2D eigenvalue weighted by Gasteiger charge is 2.54. The number of carbonyl (C=O) groups excluding carboxylic acids is 2. The van der Waals surface area contributed by atoms with Crippen molar-refractivity contribution in [2.45, 2.75) is 44.0 Å². The van der Waals surface area contributed by atoms with Crippen molar-refractivity contribution in [3.63, 3.8) is 0 Å². The summed E-state index contributed by atoms with van der Waals surface area (Å²) in [5.41, 5.74) is 9.51. The van der Waals surface area contributed by atoms with Gasteiger partial charge in [0.2, 0.25) is 6.10 Å². The van der Waals surface area contributed by atoms with E-state index in [9.17, 15) is 24.3 Å². The molecule has 3 aromatic heterocycles. The number of amides is 2. The number of carbonyl (C=O) groups is 4. The van der Waals surface area contributed by atoms with Crippen LogP contribution in [0.15, 0.2) is 34.8 Å². The summed E-state index contributed by atoms with van der Waals surface area (Å²) >= 11 is 8.31. The Labute approximate surface area is 285 Å². The quantitative estimate of drug-likeness (QED) is 0.0405. The first-order chi connectivity index (χ1) is 23.0. The number of aryl methyl sites for hydroxylation is 1. The Morgan fingerprint density at radius 3 is 2.73 bits per heavy atom. The van der Waals surface area contributed by atoms with E-state index in [1.165, 1.54) is 25.8 Å². The summed E-state index contributed by atoms with van der Waals surface area (Å²) in [6.07, 6.45) is 1.18. The maximum absolute atomic E-state index is 13.4. The van der Waals surface area contributed by atoms with E-state index in [1.54, 1.807) is 10.8 Å². The number of carboxylic acids is 2. The topological polar surface area (TPSA) is 239 Å². The van der Waals surface area contributed by atoms with E-state index >= 15 is 0 Å². The van der Waals surface area contributed by atoms with Crippen LogP contribution in [-0.2, 0) is 41.9 Å². The number of carboxylic acid groups (broad SMARTS) is 2. The Hall–Kier alpha value is -4.50. The molecule has 1 saturated heterocycles. The molecule has 21 heteroatoms. The van der Waals surface area contributed by atoms with E-state index in [0.29, 0.717) is 23.7 Å². The normalized spacial score (nSPS) is 18.4. The van der Waals surface area contributed by atoms with Crippen molar-refractivity contribution in [1.82, 2.24) is 30.1 Å². The first-order valence-corrected chi connectivity index (χ1v) is 16.6. The van der Waals surface area contributed by atoms with Crippen molar-refractivity contribution >= 4 is 86.4 Å². The number of β-lactam (4-membered cyclic amide) rings is 1. The van der Waals surface area contributed by atoms with Gasteiger partial charge in [-0.2, -0.15) is 0 Å². The minimum atomic E-state index is -1.42. The second-order valence-corrected chi connectivity index (χ2v) is 13.3. The molecule has 0 saturated carbocycles. The summed E-state index contributed by atoms with van der Waals surface area (Å²) in [4.78, 5) is 70.5. The second-order valence-electron chi connectivity index (χ2n) is 10.5. The molecule has 5 rings (SSSR count). The monoisotopic (exact) mass is 723 g/mol. The number of pyridine rings is 1. The molecule has 3 aromatic rings. The number of hydrogen-bond donors (Lipinski definition) is 6. The van der Waals surface area contributed by atoms with Gasteiger partial charge in [0, 0.05) is 22.9 Å². The summed E-state index contributed by atoms with van der Waals surface area (Å²) in [5, 5.41) is 28.0. The number of imidazole rings is 1. The van der Waals surface area contributed by atoms with Crippen LogP contribution >= 0.6 is 34.7 Å². The highest BCUT2D eigenvalue weighted by Crippen LogP contribution is 2.40. The number of anilines is 2. The van der Waals surface area contributed by atoms with Gasteiger partial charge in [0.15, 0.2) is 10.8 Å². The molecule has 0 spiro atoms. The van der Waals surface area contributed by atoms with Crippen LogP contribution in [0.25, 0.3) is 11.2 Å². The summed E-state index contributed by atoms with van der Waals surface area (Å²) in [7, 11) is 3.35. The van der Waals surface area contributed by atoms with Gasteiger partial charge < -0.3 is 31.4 Å². The average molecular weight is 724 g/mol. The third-order valence-electron chi connectivity index (χ3n) is 7.37. The van der Waals surface area contributed by atoms with Gasteiger partial charge >= 0.3 is 23.5 Å². The molecule has 0 bridgehead atoms. The largest absolute Gasteiger partial charge is 0.478 e. The molecule has 2 aliphatic rings. The molecule has 1 fully saturated rings. The van der Waals surface area contributed by atoms with Gasteiger partial charge in [-0.25, -0.2) is 24.6 Å². The molecule has 3 atom stereocenters. The Kier molecular flexibility index (Phi) is 10.7. The standard InChI is InChI=1S/C27H31ClN10O8S2/c1-12(24(41)42)46-34-16(15-19(28)48-26(29)32-15)21(39)31-17-22(40)38-18(25(43)44)13(11-47-23(17)38)10-36-8-4-6-14-20(36)33-27(35-45-3)37(14)9-5-7-30-2/h4,6,8,12,17,23,30H,5,7,9-11H2,1-3H3,(H5,29,31,32,39,41,42,43,44)/p+1/b34-16-/t12-,17+,23?/m0/s1. The van der Waals surface area contributed by atoms with Crippen molar-refractivity contribution in [1.29, 1.82) is 0 Å². The zero-order chi connectivity index (χ0) is 34.7. The van der Waals surface area contributed by atoms with Gasteiger partial charge in [-0.3, -0.25) is 23.9 Å². The molecule has 7 N–H and O–H groups in total. The van der Waals surface area contributed by atoms with Crippen LogP contribution in [0.4, 0.5) is 11.1 Å². The van der Waals surface area contributed by atoms with Crippen LogP contribution in [0.3, 0.4) is 0 Å². The van der Waals surface area contributed by atoms with Crippen LogP contribution in [0.2, 0.25) is 4.34 Å². The number of fused-ring (bicyclic) bond motifs is 2. The molecule has 18 nitrogen and oxygen atoms in total. The maximum atomic E-state index is 13.4. The van der Waals surface area contributed by atoms with Crippen molar-refractivity contribution < 1.29 is 43.6 Å². The smallest absolute Gasteiger partial charge is 0.352 e. The molecule has 1 unspecified atom stereocenters. The average Bonchev–Trinajstić information content (AvgIpc) is 3.57. The molecule has 2 aliphatic heterocycles. The lowest BCUT2D eigenvalue weighted by atomic mass is 10.0. The fraction of sp³-hybridized carbons (Fsp3) is 0.407. The van der Waals surface area contributed by atoms with Gasteiger partial charge in [-0.05, 0) is 39.1 Å². The summed E-state index contributed by atoms with van der Waals surface area (Å²) in [6.45, 7) is 2.75. The molecule has 0 aromatic carbocycles. The number of oxime groups is 1. The van der Waals surface area contributed by atoms with E-state index in [2.05, 4.69) is 26.3 Å². The van der Waals surface area contributed by atoms with E-state index in [0.717, 1.165) is 34.7 Å². The van der Waals surface area contributed by atoms with Crippen LogP contribution in [0, 0.1) is 0 Å². The van der Waals surface area contributed by atoms with E-state index in [1.807, 2.05) is 23.7 Å². The van der Waals surface area contributed by atoms with Gasteiger partial charge in [0.1, 0.15) is 39.2 Å². The zero-order valence-corrected chi connectivity index (χ0v) is 28.2. The number of nitrogen functional groups attached to an aromatic ring is 1. The minimum Gasteiger partial charge on any atom is -0.478 e. The molecular weight excluding hydrogens is 692 g/mol. The predicted molar refractivity (Wildman–Crippen MR) is 175 cm³/mol. The number of hydrogen-bond acceptors (Lipinski definition) is 14. The molecule has 256 valence electrons. The number of rotatable bonds is 15. The number of halogens is 1. The number of aliphatic carboxylic acids is 2. The molecule has 48 heavy (non-hydrogen) atoms. The van der Waals surface area contributed by atoms with E-state index < -0.39 is 47.0 Å². The Bertz CT molecular complexity index is 1830. The van der Waals surface area contributed by atoms with Crippen LogP contribution in [0.5, 0.6) is 0 Å². The highest BCUT2D eigenvalue weighted by atomic mass is 35.5. The first-order valence-electron chi connectivity index (χ1n) is 14.4. The SMILES string of the molecule is CNCCCn1c(NOC)nc2c1ccc[n+]2CC1=C(C(=O)O)N2C(=O)[C@@H](NC(=O)/C(=N\O[C@@H](C)C(=O)O)c3nc(N)sc3Cl)C2SC1. The Balaban J connectivity index is 1.40. The van der Waals surface area contributed by atoms with Crippen LogP contribution < -0.4 is 26.4 Å². The fourth-order valence-electron chi connectivity index (χ4n) is 5.13. The third-order valence-corrected chi connectivity index (χ3v) is 9.79. The number of nitrogens with one attached hydrogen (secondary N) is 3. The van der Waals surface area contributed by atoms with Crippen molar-refractivity contribution in [3.05, 3.63) is 39.6 Å². The number of thioether (sulfide) groups is 1. The Morgan fingerprint density at radius 1 is 1.31 bits per heavy atom. The lowest BCUT2D eigenvalue weighted by Gasteiger charge is -2.49. The van der Waals surface area contributed by atoms with Gasteiger partial charge in [-0.15, -0.1) is 11.8 Å². The molecule has 5 heterocycles. The maximum Gasteiger partial charge on any atom is 0.352 e. The number of nitrogens with two attached hydrogens (primary N) is 1. The lowest BCUT2D eigenvalue weighted by Crippen LogP contribution is -2.71. The Morgan fingerprint density at radius 2 is 2.08 bits per heavy atom. The predicted octanol–water partition coefficient (Wildman–Crippen LogP) is 0.231. The number of thiazole rings is 1. The van der Waals surface area contributed by atoms with Crippen molar-refractivity contribution in [2.75, 3.05) is 37.7 Å². The summed E-state index contributed by atoms with van der Waals surface area (Å²) in [5.74, 6) is -3.54. The minimum absolute atomic E-state index is 0.0113. The van der Waals surface area contributed by atoms with Gasteiger partial charge in [-0.1, -0.05) is 28.1 Å². The molecule has 2 amide bonds. The summed E-state index contributed by atoms with van der Waals surface area (Å²) < 4.78 is 3.76. The van der Waals surface area contributed by atoms with E-state index in [4.69, 9.17) is 37.1 Å². The van der Waals surface area contributed by atoms with Gasteiger partial charge in [0.25, 0.3) is 11.8 Å². The summed E-state index contributed by atoms with van der Waals surface area (Å²) in [6, 6.07) is 2.60. The first kappa shape index (κ1) is 34.8. The molecular formula is C27H32ClN10O8S2+. The molecule has 0 aliphatic carbocycles. The highest BCUT2D eigenvalue weighted by molar-refractivity contribution is 8.00.